The quantitative estimate of drug-likeness (QED) is 0.848. The summed E-state index contributed by atoms with van der Waals surface area (Å²) < 4.78 is 22.6. The fourth-order valence-corrected chi connectivity index (χ4v) is 2.53. The second kappa shape index (κ2) is 5.30. The van der Waals surface area contributed by atoms with Crippen molar-refractivity contribution >= 4 is 21.4 Å². The Hall–Kier alpha value is -1.40. The van der Waals surface area contributed by atoms with Gasteiger partial charge in [-0.15, -0.1) is 0 Å². The number of rotatable bonds is 5. The zero-order valence-electron chi connectivity index (χ0n) is 10.8. The molecule has 5 nitrogen and oxygen atoms in total. The zero-order valence-corrected chi connectivity index (χ0v) is 11.6. The first-order valence-corrected chi connectivity index (χ1v) is 8.11. The molecule has 6 heteroatoms. The van der Waals surface area contributed by atoms with Gasteiger partial charge < -0.3 is 11.1 Å². The van der Waals surface area contributed by atoms with E-state index in [1.807, 2.05) is 0 Å². The van der Waals surface area contributed by atoms with Gasteiger partial charge in [-0.05, 0) is 43.0 Å². The minimum Gasteiger partial charge on any atom is -0.327 e. The molecule has 1 fully saturated rings. The molecule has 0 saturated heterocycles. The topological polar surface area (TPSA) is 89.3 Å². The van der Waals surface area contributed by atoms with E-state index in [1.54, 1.807) is 12.1 Å². The molecule has 1 aliphatic rings. The van der Waals surface area contributed by atoms with Crippen LogP contribution in [0.15, 0.2) is 29.2 Å². The van der Waals surface area contributed by atoms with E-state index in [0.29, 0.717) is 18.0 Å². The lowest BCUT2D eigenvalue weighted by Crippen LogP contribution is -2.28. The van der Waals surface area contributed by atoms with Gasteiger partial charge in [0.15, 0.2) is 9.84 Å². The molecule has 1 saturated carbocycles. The Morgan fingerprint density at radius 3 is 2.42 bits per heavy atom. The summed E-state index contributed by atoms with van der Waals surface area (Å²) in [5.41, 5.74) is 6.46. The molecule has 0 aliphatic heterocycles. The second-order valence-electron chi connectivity index (χ2n) is 5.05. The molecule has 1 aliphatic carbocycles. The number of hydrogen-bond donors (Lipinski definition) is 2. The maximum atomic E-state index is 11.7. The summed E-state index contributed by atoms with van der Waals surface area (Å²) >= 11 is 0. The first-order valence-electron chi connectivity index (χ1n) is 6.22. The highest BCUT2D eigenvalue weighted by Gasteiger charge is 2.29. The molecule has 104 valence electrons. The number of amides is 1. The van der Waals surface area contributed by atoms with Crippen molar-refractivity contribution in [2.75, 3.05) is 11.6 Å². The maximum absolute atomic E-state index is 11.7. The maximum Gasteiger partial charge on any atom is 0.225 e. The van der Waals surface area contributed by atoms with Crippen molar-refractivity contribution in [2.45, 2.75) is 30.2 Å². The van der Waals surface area contributed by atoms with E-state index in [-0.39, 0.29) is 16.8 Å². The standard InChI is InChI=1S/C13H18N2O3S/c1-19(17,18)11-6-4-10(5-7-11)15-13(16)8-12(14)9-2-3-9/h4-7,9,12H,2-3,8,14H2,1H3,(H,15,16). The van der Waals surface area contributed by atoms with Gasteiger partial charge in [0.2, 0.25) is 5.91 Å². The summed E-state index contributed by atoms with van der Waals surface area (Å²) in [5, 5.41) is 2.72. The summed E-state index contributed by atoms with van der Waals surface area (Å²) in [5.74, 6) is 0.352. The van der Waals surface area contributed by atoms with Gasteiger partial charge in [-0.25, -0.2) is 8.42 Å². The number of nitrogens with two attached hydrogens (primary N) is 1. The molecule has 2 rings (SSSR count). The summed E-state index contributed by atoms with van der Waals surface area (Å²) in [7, 11) is -3.20. The Bertz CT molecular complexity index is 562. The average Bonchev–Trinajstić information content (AvgIpc) is 3.11. The summed E-state index contributed by atoms with van der Waals surface area (Å²) in [6.45, 7) is 0. The molecular weight excluding hydrogens is 264 g/mol. The van der Waals surface area contributed by atoms with Gasteiger partial charge in [0.1, 0.15) is 0 Å². The number of carbonyl (C=O) groups is 1. The Balaban J connectivity index is 1.93. The second-order valence-corrected chi connectivity index (χ2v) is 7.07. The third-order valence-corrected chi connectivity index (χ3v) is 4.34. The van der Waals surface area contributed by atoms with E-state index in [9.17, 15) is 13.2 Å². The predicted molar refractivity (Wildman–Crippen MR) is 73.5 cm³/mol. The molecule has 0 aromatic heterocycles. The normalized spacial score (nSPS) is 16.9. The highest BCUT2D eigenvalue weighted by molar-refractivity contribution is 7.90. The SMILES string of the molecule is CS(=O)(=O)c1ccc(NC(=O)CC(N)C2CC2)cc1. The van der Waals surface area contributed by atoms with E-state index in [0.717, 1.165) is 19.1 Å². The van der Waals surface area contributed by atoms with Crippen molar-refractivity contribution in [3.8, 4) is 0 Å². The van der Waals surface area contributed by atoms with Crippen LogP contribution in [0.2, 0.25) is 0 Å². The number of nitrogens with one attached hydrogen (secondary N) is 1. The van der Waals surface area contributed by atoms with Gasteiger partial charge in [-0.1, -0.05) is 0 Å². The van der Waals surface area contributed by atoms with Gasteiger partial charge in [0.25, 0.3) is 0 Å². The number of anilines is 1. The predicted octanol–water partition coefficient (Wildman–Crippen LogP) is 1.16. The van der Waals surface area contributed by atoms with Crippen molar-refractivity contribution in [1.82, 2.24) is 0 Å². The van der Waals surface area contributed by atoms with Crippen molar-refractivity contribution < 1.29 is 13.2 Å². The molecule has 0 heterocycles. The summed E-state index contributed by atoms with van der Waals surface area (Å²) in [6.07, 6.45) is 3.67. The van der Waals surface area contributed by atoms with Crippen LogP contribution in [0.25, 0.3) is 0 Å². The zero-order chi connectivity index (χ0) is 14.0. The lowest BCUT2D eigenvalue weighted by atomic mass is 10.1. The fraction of sp³-hybridized carbons (Fsp3) is 0.462. The molecule has 1 aromatic rings. The summed E-state index contributed by atoms with van der Waals surface area (Å²) in [6, 6.07) is 6.04. The van der Waals surface area contributed by atoms with E-state index < -0.39 is 9.84 Å². The minimum atomic E-state index is -3.20. The minimum absolute atomic E-state index is 0.0738. The van der Waals surface area contributed by atoms with E-state index in [1.165, 1.54) is 12.1 Å². The Labute approximate surface area is 113 Å². The third kappa shape index (κ3) is 4.04. The van der Waals surface area contributed by atoms with Crippen LogP contribution in [0, 0.1) is 5.92 Å². The smallest absolute Gasteiger partial charge is 0.225 e. The van der Waals surface area contributed by atoms with Crippen molar-refractivity contribution in [3.63, 3.8) is 0 Å². The Morgan fingerprint density at radius 2 is 1.95 bits per heavy atom. The lowest BCUT2D eigenvalue weighted by Gasteiger charge is -2.10. The van der Waals surface area contributed by atoms with Gasteiger partial charge in [0, 0.05) is 24.4 Å². The van der Waals surface area contributed by atoms with Crippen molar-refractivity contribution in [1.29, 1.82) is 0 Å². The van der Waals surface area contributed by atoms with Crippen LogP contribution in [-0.2, 0) is 14.6 Å². The first-order chi connectivity index (χ1) is 8.86. The molecule has 0 radical (unpaired) electrons. The van der Waals surface area contributed by atoms with Crippen LogP contribution >= 0.6 is 0 Å². The van der Waals surface area contributed by atoms with Gasteiger partial charge in [-0.3, -0.25) is 4.79 Å². The van der Waals surface area contributed by atoms with E-state index in [2.05, 4.69) is 5.32 Å². The molecule has 1 amide bonds. The molecule has 1 aromatic carbocycles. The van der Waals surface area contributed by atoms with Crippen LogP contribution in [0.4, 0.5) is 5.69 Å². The van der Waals surface area contributed by atoms with Crippen LogP contribution < -0.4 is 11.1 Å². The molecule has 0 bridgehead atoms. The monoisotopic (exact) mass is 282 g/mol. The fourth-order valence-electron chi connectivity index (χ4n) is 1.90. The van der Waals surface area contributed by atoms with E-state index in [4.69, 9.17) is 5.73 Å². The van der Waals surface area contributed by atoms with Crippen LogP contribution in [0.1, 0.15) is 19.3 Å². The highest BCUT2D eigenvalue weighted by Crippen LogP contribution is 2.32. The number of carbonyl (C=O) groups excluding carboxylic acids is 1. The van der Waals surface area contributed by atoms with Crippen molar-refractivity contribution in [3.05, 3.63) is 24.3 Å². The van der Waals surface area contributed by atoms with Crippen molar-refractivity contribution in [2.24, 2.45) is 11.7 Å². The van der Waals surface area contributed by atoms with Gasteiger partial charge >= 0.3 is 0 Å². The molecular formula is C13H18N2O3S. The molecule has 3 N–H and O–H groups in total. The first kappa shape index (κ1) is 14.0. The molecule has 19 heavy (non-hydrogen) atoms. The Morgan fingerprint density at radius 1 is 1.37 bits per heavy atom. The number of sulfone groups is 1. The molecule has 1 atom stereocenters. The van der Waals surface area contributed by atoms with Crippen LogP contribution in [-0.4, -0.2) is 26.6 Å². The van der Waals surface area contributed by atoms with Gasteiger partial charge in [-0.2, -0.15) is 0 Å². The molecule has 0 spiro atoms. The highest BCUT2D eigenvalue weighted by atomic mass is 32.2. The summed E-state index contributed by atoms with van der Waals surface area (Å²) in [4.78, 5) is 12.0. The lowest BCUT2D eigenvalue weighted by molar-refractivity contribution is -0.116. The number of hydrogen-bond acceptors (Lipinski definition) is 4. The van der Waals surface area contributed by atoms with Gasteiger partial charge in [0.05, 0.1) is 4.90 Å². The van der Waals surface area contributed by atoms with E-state index >= 15 is 0 Å². The number of benzene rings is 1. The molecule has 1 unspecified atom stereocenters. The Kier molecular flexibility index (Phi) is 3.91. The van der Waals surface area contributed by atoms with Crippen LogP contribution in [0.5, 0.6) is 0 Å². The average molecular weight is 282 g/mol. The van der Waals surface area contributed by atoms with Crippen LogP contribution in [0.3, 0.4) is 0 Å². The third-order valence-electron chi connectivity index (χ3n) is 3.21. The largest absolute Gasteiger partial charge is 0.327 e.